The Balaban J connectivity index is 3.35. The molecule has 0 aromatic heterocycles. The lowest BCUT2D eigenvalue weighted by Crippen LogP contribution is -2.13. The van der Waals surface area contributed by atoms with Gasteiger partial charge in [-0.05, 0) is 6.07 Å². The zero-order chi connectivity index (χ0) is 10.9. The molecule has 0 saturated heterocycles. The zero-order valence-electron chi connectivity index (χ0n) is 6.63. The highest BCUT2D eigenvalue weighted by Gasteiger charge is 2.32. The Morgan fingerprint density at radius 3 is 2.36 bits per heavy atom. The van der Waals surface area contributed by atoms with Crippen LogP contribution >= 0.6 is 0 Å². The molecule has 6 heteroatoms. The largest absolute Gasteiger partial charge is 0.871 e. The van der Waals surface area contributed by atoms with Crippen molar-refractivity contribution in [2.45, 2.75) is 6.18 Å². The summed E-state index contributed by atoms with van der Waals surface area (Å²) in [5, 5.41) is 19.3. The van der Waals surface area contributed by atoms with Crippen molar-refractivity contribution in [1.29, 1.82) is 0 Å². The highest BCUT2D eigenvalue weighted by molar-refractivity contribution is 5.91. The van der Waals surface area contributed by atoms with E-state index in [4.69, 9.17) is 5.11 Å². The number of para-hydroxylation sites is 1. The van der Waals surface area contributed by atoms with Gasteiger partial charge in [-0.3, -0.25) is 0 Å². The van der Waals surface area contributed by atoms with E-state index < -0.39 is 29.0 Å². The molecular formula is C8H4F3O3-. The van der Waals surface area contributed by atoms with Crippen molar-refractivity contribution >= 4 is 5.97 Å². The highest BCUT2D eigenvalue weighted by atomic mass is 19.4. The maximum absolute atomic E-state index is 12.1. The minimum atomic E-state index is -4.82. The summed E-state index contributed by atoms with van der Waals surface area (Å²) in [6, 6.07) is 2.27. The summed E-state index contributed by atoms with van der Waals surface area (Å²) in [4.78, 5) is 10.3. The van der Waals surface area contributed by atoms with Crippen molar-refractivity contribution in [2.75, 3.05) is 0 Å². The second kappa shape index (κ2) is 3.21. The predicted octanol–water partition coefficient (Wildman–Crippen LogP) is 1.48. The van der Waals surface area contributed by atoms with Crippen LogP contribution in [0.4, 0.5) is 13.2 Å². The average Bonchev–Trinajstić information content (AvgIpc) is 2.01. The number of benzene rings is 1. The standard InChI is InChI=1S/C8H5F3O3/c9-8(10,11)5-3-1-2-4(6(5)12)7(13)14/h1-3,12H,(H,13,14)/p-1. The summed E-state index contributed by atoms with van der Waals surface area (Å²) in [7, 11) is 0. The third-order valence-electron chi connectivity index (χ3n) is 1.55. The number of alkyl halides is 3. The molecule has 0 aliphatic rings. The van der Waals surface area contributed by atoms with Gasteiger partial charge in [0.1, 0.15) is 0 Å². The van der Waals surface area contributed by atoms with Crippen LogP contribution in [0, 0.1) is 0 Å². The van der Waals surface area contributed by atoms with Crippen LogP contribution in [-0.4, -0.2) is 11.1 Å². The number of carbonyl (C=O) groups is 1. The van der Waals surface area contributed by atoms with Gasteiger partial charge in [-0.25, -0.2) is 4.79 Å². The van der Waals surface area contributed by atoms with Crippen LogP contribution in [0.3, 0.4) is 0 Å². The fourth-order valence-electron chi connectivity index (χ4n) is 0.929. The van der Waals surface area contributed by atoms with Crippen molar-refractivity contribution in [3.05, 3.63) is 29.3 Å². The zero-order valence-corrected chi connectivity index (χ0v) is 6.63. The fraction of sp³-hybridized carbons (Fsp3) is 0.125. The maximum atomic E-state index is 12.1. The summed E-state index contributed by atoms with van der Waals surface area (Å²) < 4.78 is 36.3. The first-order chi connectivity index (χ1) is 6.34. The van der Waals surface area contributed by atoms with E-state index in [1.807, 2.05) is 0 Å². The van der Waals surface area contributed by atoms with E-state index in [2.05, 4.69) is 0 Å². The number of carboxylic acid groups (broad SMARTS) is 1. The molecule has 0 heterocycles. The Morgan fingerprint density at radius 1 is 1.36 bits per heavy atom. The smallest absolute Gasteiger partial charge is 0.415 e. The molecule has 76 valence electrons. The second-order valence-corrected chi connectivity index (χ2v) is 2.49. The van der Waals surface area contributed by atoms with E-state index in [1.165, 1.54) is 0 Å². The number of halogens is 3. The molecule has 0 aliphatic heterocycles. The molecule has 3 nitrogen and oxygen atoms in total. The average molecular weight is 205 g/mol. The predicted molar refractivity (Wildman–Crippen MR) is 37.8 cm³/mol. The SMILES string of the molecule is O=C(O)c1cccc(C(F)(F)F)c1[O-]. The van der Waals surface area contributed by atoms with E-state index in [1.54, 1.807) is 0 Å². The Bertz CT molecular complexity index is 371. The number of aromatic carboxylic acids is 1. The number of rotatable bonds is 1. The molecule has 0 saturated carbocycles. The Hall–Kier alpha value is -1.72. The lowest BCUT2D eigenvalue weighted by Gasteiger charge is -2.17. The molecule has 14 heavy (non-hydrogen) atoms. The van der Waals surface area contributed by atoms with E-state index in [0.29, 0.717) is 6.07 Å². The topological polar surface area (TPSA) is 60.4 Å². The van der Waals surface area contributed by atoms with Gasteiger partial charge in [-0.2, -0.15) is 13.2 Å². The van der Waals surface area contributed by atoms with Crippen LogP contribution in [0.5, 0.6) is 5.75 Å². The van der Waals surface area contributed by atoms with E-state index >= 15 is 0 Å². The van der Waals surface area contributed by atoms with Crippen LogP contribution in [0.1, 0.15) is 15.9 Å². The lowest BCUT2D eigenvalue weighted by atomic mass is 10.1. The van der Waals surface area contributed by atoms with Gasteiger partial charge in [0.05, 0.1) is 5.56 Å². The van der Waals surface area contributed by atoms with Crippen LogP contribution in [-0.2, 0) is 6.18 Å². The monoisotopic (exact) mass is 205 g/mol. The fourth-order valence-corrected chi connectivity index (χ4v) is 0.929. The minimum absolute atomic E-state index is 0.550. The third kappa shape index (κ3) is 1.78. The van der Waals surface area contributed by atoms with Crippen molar-refractivity contribution in [2.24, 2.45) is 0 Å². The molecular weight excluding hydrogens is 201 g/mol. The van der Waals surface area contributed by atoms with Crippen LogP contribution in [0.2, 0.25) is 0 Å². The molecule has 0 unspecified atom stereocenters. The van der Waals surface area contributed by atoms with Gasteiger partial charge < -0.3 is 10.2 Å². The van der Waals surface area contributed by atoms with Crippen molar-refractivity contribution in [3.8, 4) is 5.75 Å². The summed E-state index contributed by atoms with van der Waals surface area (Å²) in [6.07, 6.45) is -4.82. The molecule has 0 bridgehead atoms. The molecule has 0 atom stereocenters. The normalized spacial score (nSPS) is 11.4. The molecule has 1 aromatic rings. The van der Waals surface area contributed by atoms with E-state index in [9.17, 15) is 23.1 Å². The molecule has 1 N–H and O–H groups in total. The molecule has 0 radical (unpaired) electrons. The van der Waals surface area contributed by atoms with E-state index in [0.717, 1.165) is 12.1 Å². The van der Waals surface area contributed by atoms with Crippen molar-refractivity contribution in [3.63, 3.8) is 0 Å². The first-order valence-corrected chi connectivity index (χ1v) is 3.44. The van der Waals surface area contributed by atoms with Crippen LogP contribution in [0.25, 0.3) is 0 Å². The highest BCUT2D eigenvalue weighted by Crippen LogP contribution is 2.35. The van der Waals surface area contributed by atoms with Gasteiger partial charge in [0.25, 0.3) is 0 Å². The third-order valence-corrected chi connectivity index (χ3v) is 1.55. The summed E-state index contributed by atoms with van der Waals surface area (Å²) >= 11 is 0. The van der Waals surface area contributed by atoms with Gasteiger partial charge in [-0.1, -0.05) is 17.9 Å². The van der Waals surface area contributed by atoms with Gasteiger partial charge in [0, 0.05) is 5.56 Å². The van der Waals surface area contributed by atoms with Crippen molar-refractivity contribution in [1.82, 2.24) is 0 Å². The summed E-state index contributed by atoms with van der Waals surface area (Å²) in [5.41, 5.74) is -2.34. The molecule has 0 fully saturated rings. The van der Waals surface area contributed by atoms with Gasteiger partial charge >= 0.3 is 12.1 Å². The molecule has 1 rings (SSSR count). The first-order valence-electron chi connectivity index (χ1n) is 3.44. The quantitative estimate of drug-likeness (QED) is 0.755. The molecule has 0 amide bonds. The van der Waals surface area contributed by atoms with E-state index in [-0.39, 0.29) is 0 Å². The van der Waals surface area contributed by atoms with Crippen LogP contribution in [0.15, 0.2) is 18.2 Å². The van der Waals surface area contributed by atoms with Crippen LogP contribution < -0.4 is 5.11 Å². The second-order valence-electron chi connectivity index (χ2n) is 2.49. The Kier molecular flexibility index (Phi) is 2.37. The number of carboxylic acids is 1. The minimum Gasteiger partial charge on any atom is -0.871 e. The lowest BCUT2D eigenvalue weighted by molar-refractivity contribution is -0.276. The van der Waals surface area contributed by atoms with Gasteiger partial charge in [-0.15, -0.1) is 0 Å². The molecule has 0 aliphatic carbocycles. The number of hydrogen-bond donors (Lipinski definition) is 1. The Labute approximate surface area is 76.4 Å². The van der Waals surface area contributed by atoms with Gasteiger partial charge in [0.15, 0.2) is 0 Å². The summed E-state index contributed by atoms with van der Waals surface area (Å²) in [6.45, 7) is 0. The molecule has 1 aromatic carbocycles. The number of hydrogen-bond acceptors (Lipinski definition) is 2. The molecule has 0 spiro atoms. The Morgan fingerprint density at radius 2 is 1.93 bits per heavy atom. The van der Waals surface area contributed by atoms with Gasteiger partial charge in [0.2, 0.25) is 0 Å². The first kappa shape index (κ1) is 10.4. The summed E-state index contributed by atoms with van der Waals surface area (Å²) in [5.74, 6) is -3.17. The van der Waals surface area contributed by atoms with Crippen molar-refractivity contribution < 1.29 is 28.2 Å². The maximum Gasteiger partial charge on any atom is 0.415 e.